The fourth-order valence-electron chi connectivity index (χ4n) is 2.79. The summed E-state index contributed by atoms with van der Waals surface area (Å²) >= 11 is 0. The van der Waals surface area contributed by atoms with E-state index in [-0.39, 0.29) is 0 Å². The van der Waals surface area contributed by atoms with Gasteiger partial charge in [0.25, 0.3) is 0 Å². The van der Waals surface area contributed by atoms with Crippen LogP contribution in [0, 0.1) is 0 Å². The van der Waals surface area contributed by atoms with E-state index >= 15 is 0 Å². The minimum absolute atomic E-state index is 1.06. The summed E-state index contributed by atoms with van der Waals surface area (Å²) in [5.74, 6) is 0. The lowest BCUT2D eigenvalue weighted by molar-refractivity contribution is 0.279. The Balaban J connectivity index is 2.08. The van der Waals surface area contributed by atoms with Crippen LogP contribution in [0.5, 0.6) is 0 Å². The summed E-state index contributed by atoms with van der Waals surface area (Å²) in [5, 5.41) is 0. The average molecular weight is 242 g/mol. The topological polar surface area (TPSA) is 9.23 Å². The second-order valence-corrected chi connectivity index (χ2v) is 9.72. The average Bonchev–Trinajstić information content (AvgIpc) is 2.35. The number of hydrogen-bond acceptors (Lipinski definition) is 1. The molecule has 1 fully saturated rings. The first-order valence-electron chi connectivity index (χ1n) is 7.47. The van der Waals surface area contributed by atoms with E-state index in [1.165, 1.54) is 69.5 Å². The fraction of sp³-hybridized carbons (Fsp3) is 1.00. The second kappa shape index (κ2) is 8.29. The third-order valence-electron chi connectivity index (χ3n) is 4.07. The molecule has 0 aromatic rings. The SMILES string of the molecule is CCCCCCCO[Si]1(CC)CCCCC1. The predicted octanol–water partition coefficient (Wildman–Crippen LogP) is 5.12. The normalized spacial score (nSPS) is 19.9. The van der Waals surface area contributed by atoms with Crippen LogP contribution >= 0.6 is 0 Å². The molecule has 0 atom stereocenters. The molecular formula is C14H30OSi. The van der Waals surface area contributed by atoms with Crippen molar-refractivity contribution in [1.82, 2.24) is 0 Å². The lowest BCUT2D eigenvalue weighted by Crippen LogP contribution is -2.39. The molecule has 16 heavy (non-hydrogen) atoms. The Hall–Kier alpha value is 0.177. The standard InChI is InChI=1S/C14H30OSi/c1-3-5-6-7-9-12-15-16(4-2)13-10-8-11-14-16/h3-14H2,1-2H3. The maximum Gasteiger partial charge on any atom is 0.192 e. The minimum Gasteiger partial charge on any atom is -0.417 e. The molecule has 0 saturated carbocycles. The highest BCUT2D eigenvalue weighted by Gasteiger charge is 2.34. The molecule has 2 heteroatoms. The van der Waals surface area contributed by atoms with E-state index < -0.39 is 8.32 Å². The predicted molar refractivity (Wildman–Crippen MR) is 74.4 cm³/mol. The highest BCUT2D eigenvalue weighted by atomic mass is 28.4. The summed E-state index contributed by atoms with van der Waals surface area (Å²) in [6.45, 7) is 5.69. The van der Waals surface area contributed by atoms with Crippen molar-refractivity contribution in [1.29, 1.82) is 0 Å². The zero-order valence-corrected chi connectivity index (χ0v) is 12.4. The zero-order valence-electron chi connectivity index (χ0n) is 11.4. The van der Waals surface area contributed by atoms with Gasteiger partial charge in [-0.15, -0.1) is 0 Å². The maximum atomic E-state index is 6.34. The van der Waals surface area contributed by atoms with Gasteiger partial charge in [0, 0.05) is 6.61 Å². The van der Waals surface area contributed by atoms with Crippen LogP contribution < -0.4 is 0 Å². The molecule has 1 aliphatic heterocycles. The number of unbranched alkanes of at least 4 members (excludes halogenated alkanes) is 4. The lowest BCUT2D eigenvalue weighted by Gasteiger charge is -2.34. The van der Waals surface area contributed by atoms with Crippen molar-refractivity contribution in [2.75, 3.05) is 6.61 Å². The van der Waals surface area contributed by atoms with E-state index in [1.807, 2.05) is 0 Å². The van der Waals surface area contributed by atoms with Crippen LogP contribution in [0.4, 0.5) is 0 Å². The smallest absolute Gasteiger partial charge is 0.192 e. The first kappa shape index (κ1) is 14.2. The van der Waals surface area contributed by atoms with Crippen molar-refractivity contribution in [2.24, 2.45) is 0 Å². The van der Waals surface area contributed by atoms with E-state index in [2.05, 4.69) is 13.8 Å². The van der Waals surface area contributed by atoms with Gasteiger partial charge in [-0.05, 0) is 24.6 Å². The first-order chi connectivity index (χ1) is 7.83. The summed E-state index contributed by atoms with van der Waals surface area (Å²) < 4.78 is 6.34. The van der Waals surface area contributed by atoms with Gasteiger partial charge in [0.1, 0.15) is 0 Å². The Labute approximate surface area is 103 Å². The van der Waals surface area contributed by atoms with Crippen molar-refractivity contribution >= 4 is 8.32 Å². The summed E-state index contributed by atoms with van der Waals surface area (Å²) in [6, 6.07) is 4.23. The Kier molecular flexibility index (Phi) is 7.38. The summed E-state index contributed by atoms with van der Waals surface area (Å²) in [6.07, 6.45) is 11.2. The fourth-order valence-corrected chi connectivity index (χ4v) is 6.61. The molecule has 1 aliphatic rings. The van der Waals surface area contributed by atoms with Gasteiger partial charge in [-0.2, -0.15) is 0 Å². The van der Waals surface area contributed by atoms with E-state index in [4.69, 9.17) is 4.43 Å². The molecule has 0 N–H and O–H groups in total. The van der Waals surface area contributed by atoms with E-state index in [0.29, 0.717) is 0 Å². The molecule has 0 aromatic carbocycles. The minimum atomic E-state index is -1.23. The Morgan fingerprint density at radius 3 is 2.19 bits per heavy atom. The van der Waals surface area contributed by atoms with Crippen molar-refractivity contribution in [2.45, 2.75) is 83.3 Å². The number of hydrogen-bond donors (Lipinski definition) is 0. The van der Waals surface area contributed by atoms with Crippen LogP contribution in [0.2, 0.25) is 18.1 Å². The van der Waals surface area contributed by atoms with E-state index in [0.717, 1.165) is 6.61 Å². The van der Waals surface area contributed by atoms with Gasteiger partial charge in [-0.3, -0.25) is 0 Å². The molecule has 0 aromatic heterocycles. The highest BCUT2D eigenvalue weighted by Crippen LogP contribution is 2.32. The summed E-state index contributed by atoms with van der Waals surface area (Å²) in [7, 11) is -1.23. The molecule has 0 aliphatic carbocycles. The summed E-state index contributed by atoms with van der Waals surface area (Å²) in [5.41, 5.74) is 0. The Morgan fingerprint density at radius 2 is 1.56 bits per heavy atom. The van der Waals surface area contributed by atoms with Crippen LogP contribution in [0.25, 0.3) is 0 Å². The molecule has 1 nitrogen and oxygen atoms in total. The second-order valence-electron chi connectivity index (χ2n) is 5.36. The van der Waals surface area contributed by atoms with Crippen molar-refractivity contribution < 1.29 is 4.43 Å². The van der Waals surface area contributed by atoms with Crippen LogP contribution in [-0.2, 0) is 4.43 Å². The van der Waals surface area contributed by atoms with Gasteiger partial charge >= 0.3 is 0 Å². The molecular weight excluding hydrogens is 212 g/mol. The third kappa shape index (κ3) is 5.01. The zero-order chi connectivity index (χ0) is 11.7. The molecule has 1 heterocycles. The van der Waals surface area contributed by atoms with Crippen LogP contribution in [0.1, 0.15) is 65.2 Å². The maximum absolute atomic E-state index is 6.34. The third-order valence-corrected chi connectivity index (χ3v) is 8.70. The molecule has 0 bridgehead atoms. The van der Waals surface area contributed by atoms with Gasteiger partial charge in [0.2, 0.25) is 0 Å². The molecule has 0 amide bonds. The molecule has 1 rings (SSSR count). The van der Waals surface area contributed by atoms with Gasteiger partial charge in [-0.1, -0.05) is 58.8 Å². The molecule has 1 saturated heterocycles. The first-order valence-corrected chi connectivity index (χ1v) is 10.00. The van der Waals surface area contributed by atoms with Crippen LogP contribution in [-0.4, -0.2) is 14.9 Å². The largest absolute Gasteiger partial charge is 0.417 e. The quantitative estimate of drug-likeness (QED) is 0.424. The monoisotopic (exact) mass is 242 g/mol. The highest BCUT2D eigenvalue weighted by molar-refractivity contribution is 6.73. The van der Waals surface area contributed by atoms with E-state index in [9.17, 15) is 0 Å². The van der Waals surface area contributed by atoms with Crippen molar-refractivity contribution in [3.8, 4) is 0 Å². The Morgan fingerprint density at radius 1 is 0.875 bits per heavy atom. The van der Waals surface area contributed by atoms with Gasteiger partial charge in [0.05, 0.1) is 0 Å². The molecule has 0 unspecified atom stereocenters. The summed E-state index contributed by atoms with van der Waals surface area (Å²) in [4.78, 5) is 0. The van der Waals surface area contributed by atoms with Crippen LogP contribution in [0.15, 0.2) is 0 Å². The van der Waals surface area contributed by atoms with Crippen LogP contribution in [0.3, 0.4) is 0 Å². The lowest BCUT2D eigenvalue weighted by atomic mass is 10.2. The Bertz CT molecular complexity index is 164. The molecule has 96 valence electrons. The number of rotatable bonds is 8. The van der Waals surface area contributed by atoms with Gasteiger partial charge < -0.3 is 4.43 Å². The van der Waals surface area contributed by atoms with Gasteiger partial charge in [0.15, 0.2) is 8.32 Å². The van der Waals surface area contributed by atoms with Crippen molar-refractivity contribution in [3.63, 3.8) is 0 Å². The van der Waals surface area contributed by atoms with E-state index in [1.54, 1.807) is 0 Å². The van der Waals surface area contributed by atoms with Gasteiger partial charge in [-0.25, -0.2) is 0 Å². The molecule has 0 radical (unpaired) electrons. The van der Waals surface area contributed by atoms with Crippen molar-refractivity contribution in [3.05, 3.63) is 0 Å². The molecule has 0 spiro atoms.